The fraction of sp³-hybridized carbons (Fsp3) is 0.533. The molecule has 2 N–H and O–H groups in total. The number of hydrogen-bond donors (Lipinski definition) is 2. The van der Waals surface area contributed by atoms with E-state index < -0.39 is 17.6 Å². The number of hydrogen-bond acceptors (Lipinski definition) is 1. The van der Waals surface area contributed by atoms with E-state index in [1.165, 1.54) is 12.1 Å². The van der Waals surface area contributed by atoms with Gasteiger partial charge in [-0.15, -0.1) is 0 Å². The molecule has 1 fully saturated rings. The molecule has 1 saturated heterocycles. The number of nitrogens with one attached hydrogen (secondary N) is 2. The molecule has 1 heterocycles. The van der Waals surface area contributed by atoms with Crippen molar-refractivity contribution in [2.75, 3.05) is 18.4 Å². The maximum atomic E-state index is 13.0. The van der Waals surface area contributed by atoms with Crippen molar-refractivity contribution in [3.63, 3.8) is 0 Å². The van der Waals surface area contributed by atoms with Gasteiger partial charge in [-0.2, -0.15) is 13.2 Å². The number of benzene rings is 1. The summed E-state index contributed by atoms with van der Waals surface area (Å²) in [6.45, 7) is 3.50. The van der Waals surface area contributed by atoms with Crippen molar-refractivity contribution in [3.8, 4) is 0 Å². The number of rotatable bonds is 3. The number of alkyl halides is 3. The van der Waals surface area contributed by atoms with Crippen LogP contribution in [0.1, 0.15) is 31.7 Å². The number of halogens is 4. The third kappa shape index (κ3) is 4.14. The molecule has 0 aromatic heterocycles. The monoisotopic (exact) mass is 335 g/mol. The van der Waals surface area contributed by atoms with Gasteiger partial charge in [0.15, 0.2) is 6.04 Å². The summed E-state index contributed by atoms with van der Waals surface area (Å²) in [7, 11) is 0. The molecule has 1 aliphatic rings. The molecule has 7 heteroatoms. The molecule has 22 heavy (non-hydrogen) atoms. The van der Waals surface area contributed by atoms with Crippen molar-refractivity contribution < 1.29 is 22.9 Å². The first kappa shape index (κ1) is 17.1. The average molecular weight is 336 g/mol. The number of amides is 1. The van der Waals surface area contributed by atoms with E-state index in [0.29, 0.717) is 0 Å². The Morgan fingerprint density at radius 2 is 1.91 bits per heavy atom. The summed E-state index contributed by atoms with van der Waals surface area (Å²) in [5.74, 6) is -0.398. The smallest absolute Gasteiger partial charge is 0.325 e. The van der Waals surface area contributed by atoms with Crippen LogP contribution in [0.2, 0.25) is 5.02 Å². The quantitative estimate of drug-likeness (QED) is 0.875. The van der Waals surface area contributed by atoms with Crippen LogP contribution in [0.4, 0.5) is 18.9 Å². The Labute approximate surface area is 132 Å². The molecule has 0 saturated carbocycles. The molecular weight excluding hydrogens is 317 g/mol. The van der Waals surface area contributed by atoms with E-state index in [-0.39, 0.29) is 16.8 Å². The molecule has 0 radical (unpaired) electrons. The van der Waals surface area contributed by atoms with E-state index in [1.54, 1.807) is 6.92 Å². The number of carbonyl (C=O) groups is 1. The predicted octanol–water partition coefficient (Wildman–Crippen LogP) is 2.75. The summed E-state index contributed by atoms with van der Waals surface area (Å²) < 4.78 is 39.1. The molecule has 1 aromatic carbocycles. The molecule has 0 bridgehead atoms. The Morgan fingerprint density at radius 3 is 2.50 bits per heavy atom. The Morgan fingerprint density at radius 1 is 1.27 bits per heavy atom. The standard InChI is InChI=1S/C15H18ClF3N2O/c1-10(21-7-3-2-4-8-21)14(22)20-13-6-5-11(16)9-12(13)15(17,18)19/h5-6,9-10H,2-4,7-8H2,1H3,(H,20,22)/p+1/t10-/m0/s1. The number of carbonyl (C=O) groups excluding carboxylic acids is 1. The van der Waals surface area contributed by atoms with Gasteiger partial charge in [-0.25, -0.2) is 0 Å². The summed E-state index contributed by atoms with van der Waals surface area (Å²) >= 11 is 5.63. The second-order valence-electron chi connectivity index (χ2n) is 5.62. The van der Waals surface area contributed by atoms with Gasteiger partial charge in [0.2, 0.25) is 0 Å². The van der Waals surface area contributed by atoms with Crippen molar-refractivity contribution in [1.29, 1.82) is 0 Å². The summed E-state index contributed by atoms with van der Waals surface area (Å²) in [6.07, 6.45) is -1.33. The normalized spacial score (nSPS) is 18.0. The lowest BCUT2D eigenvalue weighted by Gasteiger charge is -2.28. The predicted molar refractivity (Wildman–Crippen MR) is 79.1 cm³/mol. The van der Waals surface area contributed by atoms with Crippen LogP contribution in [-0.2, 0) is 11.0 Å². The van der Waals surface area contributed by atoms with Gasteiger partial charge >= 0.3 is 6.18 Å². The van der Waals surface area contributed by atoms with Crippen LogP contribution in [0.3, 0.4) is 0 Å². The van der Waals surface area contributed by atoms with Crippen LogP contribution in [0.25, 0.3) is 0 Å². The number of quaternary nitrogens is 1. The topological polar surface area (TPSA) is 33.5 Å². The van der Waals surface area contributed by atoms with E-state index >= 15 is 0 Å². The highest BCUT2D eigenvalue weighted by molar-refractivity contribution is 6.30. The first-order chi connectivity index (χ1) is 10.3. The van der Waals surface area contributed by atoms with Crippen molar-refractivity contribution in [2.45, 2.75) is 38.4 Å². The summed E-state index contributed by atoms with van der Waals surface area (Å²) in [5.41, 5.74) is -1.17. The largest absolute Gasteiger partial charge is 0.418 e. The maximum Gasteiger partial charge on any atom is 0.418 e. The van der Waals surface area contributed by atoms with Gasteiger partial charge in [0.05, 0.1) is 24.3 Å². The zero-order valence-electron chi connectivity index (χ0n) is 12.3. The lowest BCUT2D eigenvalue weighted by molar-refractivity contribution is -0.918. The highest BCUT2D eigenvalue weighted by Crippen LogP contribution is 2.36. The first-order valence-corrected chi connectivity index (χ1v) is 7.69. The molecule has 1 aromatic rings. The van der Waals surface area contributed by atoms with E-state index in [2.05, 4.69) is 5.32 Å². The maximum absolute atomic E-state index is 13.0. The average Bonchev–Trinajstić information content (AvgIpc) is 2.48. The zero-order chi connectivity index (χ0) is 16.3. The summed E-state index contributed by atoms with van der Waals surface area (Å²) in [6, 6.07) is 2.99. The Bertz CT molecular complexity index is 542. The molecule has 1 aliphatic heterocycles. The summed E-state index contributed by atoms with van der Waals surface area (Å²) in [5, 5.41) is 2.39. The van der Waals surface area contributed by atoms with Gasteiger partial charge in [-0.3, -0.25) is 4.79 Å². The zero-order valence-corrected chi connectivity index (χ0v) is 13.0. The Balaban J connectivity index is 2.14. The third-order valence-electron chi connectivity index (χ3n) is 4.05. The van der Waals surface area contributed by atoms with Crippen molar-refractivity contribution in [3.05, 3.63) is 28.8 Å². The van der Waals surface area contributed by atoms with Gasteiger partial charge in [0, 0.05) is 5.02 Å². The van der Waals surface area contributed by atoms with Gasteiger partial charge in [0.1, 0.15) is 0 Å². The fourth-order valence-electron chi connectivity index (χ4n) is 2.73. The highest BCUT2D eigenvalue weighted by atomic mass is 35.5. The van der Waals surface area contributed by atoms with Crippen LogP contribution >= 0.6 is 11.6 Å². The number of anilines is 1. The van der Waals surface area contributed by atoms with E-state index in [1.807, 2.05) is 0 Å². The van der Waals surface area contributed by atoms with Crippen molar-refractivity contribution in [1.82, 2.24) is 0 Å². The fourth-order valence-corrected chi connectivity index (χ4v) is 2.90. The first-order valence-electron chi connectivity index (χ1n) is 7.31. The van der Waals surface area contributed by atoms with Gasteiger partial charge < -0.3 is 10.2 Å². The van der Waals surface area contributed by atoms with Crippen molar-refractivity contribution in [2.24, 2.45) is 0 Å². The van der Waals surface area contributed by atoms with Gasteiger partial charge in [0.25, 0.3) is 5.91 Å². The molecule has 3 nitrogen and oxygen atoms in total. The van der Waals surface area contributed by atoms with Crippen LogP contribution in [-0.4, -0.2) is 25.0 Å². The number of likely N-dealkylation sites (tertiary alicyclic amines) is 1. The molecule has 0 aliphatic carbocycles. The molecule has 0 spiro atoms. The van der Waals surface area contributed by atoms with E-state index in [4.69, 9.17) is 11.6 Å². The Hall–Kier alpha value is -1.27. The van der Waals surface area contributed by atoms with Gasteiger partial charge in [-0.05, 0) is 44.4 Å². The van der Waals surface area contributed by atoms with Crippen molar-refractivity contribution >= 4 is 23.2 Å². The number of piperidine rings is 1. The molecular formula is C15H19ClF3N2O+. The SMILES string of the molecule is C[C@@H](C(=O)Nc1ccc(Cl)cc1C(F)(F)F)[NH+]1CCCCC1. The molecule has 2 rings (SSSR count). The second kappa shape index (κ2) is 6.87. The van der Waals surface area contributed by atoms with E-state index in [0.717, 1.165) is 43.3 Å². The van der Waals surface area contributed by atoms with Gasteiger partial charge in [-0.1, -0.05) is 11.6 Å². The molecule has 1 atom stereocenters. The minimum Gasteiger partial charge on any atom is -0.325 e. The summed E-state index contributed by atoms with van der Waals surface area (Å²) in [4.78, 5) is 13.4. The minimum absolute atomic E-state index is 0.0139. The minimum atomic E-state index is -4.56. The molecule has 1 amide bonds. The Kier molecular flexibility index (Phi) is 5.34. The second-order valence-corrected chi connectivity index (χ2v) is 6.05. The lowest BCUT2D eigenvalue weighted by atomic mass is 10.1. The third-order valence-corrected chi connectivity index (χ3v) is 4.28. The van der Waals surface area contributed by atoms with Crippen LogP contribution in [0, 0.1) is 0 Å². The lowest BCUT2D eigenvalue weighted by Crippen LogP contribution is -3.17. The van der Waals surface area contributed by atoms with Crippen LogP contribution in [0.5, 0.6) is 0 Å². The highest BCUT2D eigenvalue weighted by Gasteiger charge is 2.35. The van der Waals surface area contributed by atoms with E-state index in [9.17, 15) is 18.0 Å². The molecule has 0 unspecified atom stereocenters. The molecule has 122 valence electrons. The van der Waals surface area contributed by atoms with Crippen LogP contribution in [0.15, 0.2) is 18.2 Å². The van der Waals surface area contributed by atoms with Crippen LogP contribution < -0.4 is 10.2 Å².